The maximum absolute atomic E-state index is 12.5. The zero-order valence-electron chi connectivity index (χ0n) is 12.4. The number of carbonyl (C=O) groups excluding carboxylic acids is 1. The summed E-state index contributed by atoms with van der Waals surface area (Å²) in [5, 5.41) is 0. The van der Waals surface area contributed by atoms with E-state index in [0.29, 0.717) is 6.61 Å². The minimum Gasteiger partial charge on any atom is -0.464 e. The van der Waals surface area contributed by atoms with Gasteiger partial charge in [0.1, 0.15) is 5.54 Å². The molecule has 0 aromatic heterocycles. The van der Waals surface area contributed by atoms with Gasteiger partial charge in [0.05, 0.1) is 12.1 Å². The third-order valence-corrected chi connectivity index (χ3v) is 5.78. The molecular weight excluding hydrogens is 250 g/mol. The number of fused-ring (bicyclic) bond motifs is 4. The maximum atomic E-state index is 12.5. The predicted octanol–water partition coefficient (Wildman–Crippen LogP) is 2.93. The number of unbranched alkanes of at least 4 members (excludes halogenated alkanes) is 1. The quantitative estimate of drug-likeness (QED) is 0.479. The third kappa shape index (κ3) is 1.01. The molecule has 2 saturated heterocycles. The number of carbonyl (C=O) groups is 1. The normalized spacial score (nSPS) is 42.5. The Morgan fingerprint density at radius 3 is 2.70 bits per heavy atom. The third-order valence-electron chi connectivity index (χ3n) is 5.78. The van der Waals surface area contributed by atoms with Gasteiger partial charge in [0.15, 0.2) is 0 Å². The topological polar surface area (TPSA) is 29.3 Å². The molecule has 0 N–H and O–H groups in total. The molecule has 3 aliphatic rings. The number of ether oxygens (including phenoxy) is 1. The highest BCUT2D eigenvalue weighted by Crippen LogP contribution is 2.82. The van der Waals surface area contributed by atoms with Crippen LogP contribution in [-0.4, -0.2) is 23.0 Å². The summed E-state index contributed by atoms with van der Waals surface area (Å²) in [5.74, 6) is -0.0135. The van der Waals surface area contributed by atoms with E-state index in [2.05, 4.69) is 49.9 Å². The maximum Gasteiger partial charge on any atom is 0.329 e. The van der Waals surface area contributed by atoms with Gasteiger partial charge < -0.3 is 4.74 Å². The highest BCUT2D eigenvalue weighted by Gasteiger charge is 2.93. The van der Waals surface area contributed by atoms with Crippen molar-refractivity contribution in [2.75, 3.05) is 6.61 Å². The van der Waals surface area contributed by atoms with E-state index in [1.807, 2.05) is 0 Å². The zero-order valence-corrected chi connectivity index (χ0v) is 12.4. The highest BCUT2D eigenvalue weighted by atomic mass is 16.5. The van der Waals surface area contributed by atoms with Crippen molar-refractivity contribution in [3.05, 3.63) is 35.4 Å². The number of hydrogen-bond acceptors (Lipinski definition) is 3. The summed E-state index contributed by atoms with van der Waals surface area (Å²) < 4.78 is 5.53. The lowest BCUT2D eigenvalue weighted by molar-refractivity contribution is -0.155. The molecule has 0 saturated carbocycles. The van der Waals surface area contributed by atoms with E-state index < -0.39 is 0 Å². The highest BCUT2D eigenvalue weighted by molar-refractivity contribution is 5.93. The van der Waals surface area contributed by atoms with E-state index in [1.54, 1.807) is 0 Å². The van der Waals surface area contributed by atoms with Crippen LogP contribution in [-0.2, 0) is 20.6 Å². The number of nitrogens with zero attached hydrogens (tertiary/aromatic N) is 1. The number of benzene rings is 1. The lowest BCUT2D eigenvalue weighted by Gasteiger charge is -2.45. The molecule has 0 aliphatic carbocycles. The fourth-order valence-electron chi connectivity index (χ4n) is 4.91. The second kappa shape index (κ2) is 3.45. The van der Waals surface area contributed by atoms with Crippen molar-refractivity contribution < 1.29 is 9.53 Å². The molecule has 106 valence electrons. The van der Waals surface area contributed by atoms with E-state index in [9.17, 15) is 4.79 Å². The van der Waals surface area contributed by atoms with E-state index in [0.717, 1.165) is 19.3 Å². The number of hydrogen-bond donors (Lipinski definition) is 0. The first-order chi connectivity index (χ1) is 9.53. The standard InChI is InChI=1S/C17H21NO2/c1-4-5-10-20-14(19)17-11-15(2)12-8-6-7-9-13(12)16(17,3)18(15)17/h6-9H,4-5,10-11H2,1-3H3/t15-,16-,17?,18?/m1/s1. The van der Waals surface area contributed by atoms with Gasteiger partial charge in [-0.15, -0.1) is 0 Å². The molecule has 2 unspecified atom stereocenters. The molecule has 1 aromatic carbocycles. The SMILES string of the molecule is CCCCOC(=O)C12C[C@]3(C)c4ccccc4[C@@]1(C)N23. The lowest BCUT2D eigenvalue weighted by atomic mass is 9.67. The number of rotatable bonds is 4. The Morgan fingerprint density at radius 2 is 2.00 bits per heavy atom. The summed E-state index contributed by atoms with van der Waals surface area (Å²) in [7, 11) is 0. The first-order valence-electron chi connectivity index (χ1n) is 7.61. The van der Waals surface area contributed by atoms with Crippen molar-refractivity contribution >= 4 is 5.97 Å². The fraction of sp³-hybridized carbons (Fsp3) is 0.588. The average molecular weight is 271 g/mol. The van der Waals surface area contributed by atoms with Crippen molar-refractivity contribution in [2.45, 2.75) is 56.7 Å². The van der Waals surface area contributed by atoms with Gasteiger partial charge in [0.25, 0.3) is 0 Å². The minimum absolute atomic E-state index is 0.0135. The largest absolute Gasteiger partial charge is 0.464 e. The molecule has 0 bridgehead atoms. The monoisotopic (exact) mass is 271 g/mol. The fourth-order valence-corrected chi connectivity index (χ4v) is 4.91. The molecule has 4 atom stereocenters. The second-order valence-electron chi connectivity index (χ2n) is 6.75. The van der Waals surface area contributed by atoms with Crippen molar-refractivity contribution in [2.24, 2.45) is 0 Å². The summed E-state index contributed by atoms with van der Waals surface area (Å²) in [6.07, 6.45) is 2.91. The molecule has 0 amide bonds. The summed E-state index contributed by atoms with van der Waals surface area (Å²) in [5.41, 5.74) is 2.24. The Hall–Kier alpha value is -1.35. The van der Waals surface area contributed by atoms with Gasteiger partial charge >= 0.3 is 5.97 Å². The van der Waals surface area contributed by atoms with Crippen molar-refractivity contribution in [1.29, 1.82) is 0 Å². The van der Waals surface area contributed by atoms with Crippen LogP contribution < -0.4 is 0 Å². The smallest absolute Gasteiger partial charge is 0.329 e. The van der Waals surface area contributed by atoms with Crippen LogP contribution >= 0.6 is 0 Å². The van der Waals surface area contributed by atoms with Gasteiger partial charge in [0.2, 0.25) is 0 Å². The molecule has 1 aromatic rings. The molecule has 4 rings (SSSR count). The first-order valence-corrected chi connectivity index (χ1v) is 7.61. The Balaban J connectivity index is 1.67. The Kier molecular flexibility index (Phi) is 2.14. The molecule has 20 heavy (non-hydrogen) atoms. The minimum atomic E-state index is -0.371. The summed E-state index contributed by atoms with van der Waals surface area (Å²) in [6, 6.07) is 8.55. The summed E-state index contributed by atoms with van der Waals surface area (Å²) in [6.45, 7) is 7.12. The van der Waals surface area contributed by atoms with Crippen LogP contribution in [0.3, 0.4) is 0 Å². The van der Waals surface area contributed by atoms with Crippen LogP contribution in [0.2, 0.25) is 0 Å². The number of esters is 1. The van der Waals surface area contributed by atoms with Gasteiger partial charge in [-0.2, -0.15) is 0 Å². The molecule has 0 spiro atoms. The van der Waals surface area contributed by atoms with Crippen LogP contribution in [0.5, 0.6) is 0 Å². The molecular formula is C17H21NO2. The van der Waals surface area contributed by atoms with Crippen molar-refractivity contribution in [3.8, 4) is 0 Å². The van der Waals surface area contributed by atoms with Gasteiger partial charge in [-0.1, -0.05) is 37.6 Å². The van der Waals surface area contributed by atoms with E-state index in [1.165, 1.54) is 11.1 Å². The molecule has 3 nitrogen and oxygen atoms in total. The lowest BCUT2D eigenvalue weighted by Crippen LogP contribution is -2.55. The van der Waals surface area contributed by atoms with Crippen LogP contribution in [0.4, 0.5) is 0 Å². The average Bonchev–Trinajstić information content (AvgIpc) is 2.86. The zero-order chi connectivity index (χ0) is 14.2. The van der Waals surface area contributed by atoms with E-state index >= 15 is 0 Å². The van der Waals surface area contributed by atoms with Crippen molar-refractivity contribution in [3.63, 3.8) is 0 Å². The molecule has 3 heteroatoms. The molecule has 3 aliphatic heterocycles. The van der Waals surface area contributed by atoms with Crippen LogP contribution in [0, 0.1) is 0 Å². The Morgan fingerprint density at radius 1 is 1.30 bits per heavy atom. The van der Waals surface area contributed by atoms with Crippen LogP contribution in [0.1, 0.15) is 51.2 Å². The van der Waals surface area contributed by atoms with Gasteiger partial charge in [-0.3, -0.25) is 4.90 Å². The molecule has 3 heterocycles. The Bertz CT molecular complexity index is 613. The van der Waals surface area contributed by atoms with Crippen molar-refractivity contribution in [1.82, 2.24) is 4.90 Å². The van der Waals surface area contributed by atoms with E-state index in [-0.39, 0.29) is 22.6 Å². The van der Waals surface area contributed by atoms with E-state index in [4.69, 9.17) is 4.74 Å². The van der Waals surface area contributed by atoms with Gasteiger partial charge in [-0.25, -0.2) is 4.79 Å². The van der Waals surface area contributed by atoms with Crippen LogP contribution in [0.15, 0.2) is 24.3 Å². The summed E-state index contributed by atoms with van der Waals surface area (Å²) >= 11 is 0. The van der Waals surface area contributed by atoms with Gasteiger partial charge in [0, 0.05) is 12.0 Å². The second-order valence-corrected chi connectivity index (χ2v) is 6.75. The first kappa shape index (κ1) is 12.4. The summed E-state index contributed by atoms with van der Waals surface area (Å²) in [4.78, 5) is 14.9. The predicted molar refractivity (Wildman–Crippen MR) is 76.2 cm³/mol. The Labute approximate surface area is 119 Å². The molecule has 2 fully saturated rings. The molecule has 0 radical (unpaired) electrons. The van der Waals surface area contributed by atoms with Crippen LogP contribution in [0.25, 0.3) is 0 Å². The van der Waals surface area contributed by atoms with Gasteiger partial charge in [-0.05, 0) is 31.4 Å².